The van der Waals surface area contributed by atoms with Gasteiger partial charge in [0, 0.05) is 18.5 Å². The fraction of sp³-hybridized carbons (Fsp3) is 0.444. The summed E-state index contributed by atoms with van der Waals surface area (Å²) in [5.74, 6) is 0.452. The van der Waals surface area contributed by atoms with Crippen molar-refractivity contribution in [3.8, 4) is 0 Å². The van der Waals surface area contributed by atoms with Crippen molar-refractivity contribution in [2.75, 3.05) is 24.3 Å². The van der Waals surface area contributed by atoms with Crippen LogP contribution < -0.4 is 0 Å². The molecule has 1 amide bonds. The van der Waals surface area contributed by atoms with E-state index in [1.807, 2.05) is 32.0 Å². The Labute approximate surface area is 152 Å². The zero-order chi connectivity index (χ0) is 18.2. The maximum atomic E-state index is 12.4. The fourth-order valence-electron chi connectivity index (χ4n) is 3.13. The monoisotopic (exact) mass is 378 g/mol. The van der Waals surface area contributed by atoms with Crippen LogP contribution in [-0.4, -0.2) is 54.6 Å². The zero-order valence-corrected chi connectivity index (χ0v) is 16.3. The number of amides is 1. The molecule has 7 heteroatoms. The number of fused-ring (bicyclic) bond motifs is 1. The molecular weight excluding hydrogens is 356 g/mol. The van der Waals surface area contributed by atoms with E-state index in [2.05, 4.69) is 11.1 Å². The molecular formula is C18H22N2O3S2. The summed E-state index contributed by atoms with van der Waals surface area (Å²) in [6.07, 6.45) is 0.530. The maximum absolute atomic E-state index is 12.4. The number of aryl methyl sites for hydroxylation is 2. The Balaban J connectivity index is 1.70. The Kier molecular flexibility index (Phi) is 5.06. The molecule has 0 aliphatic carbocycles. The molecule has 25 heavy (non-hydrogen) atoms. The van der Waals surface area contributed by atoms with E-state index in [-0.39, 0.29) is 29.2 Å². The van der Waals surface area contributed by atoms with Crippen molar-refractivity contribution >= 4 is 38.4 Å². The highest BCUT2D eigenvalue weighted by molar-refractivity contribution is 7.99. The Morgan fingerprint density at radius 2 is 2.08 bits per heavy atom. The van der Waals surface area contributed by atoms with E-state index >= 15 is 0 Å². The minimum atomic E-state index is -2.99. The number of pyridine rings is 1. The van der Waals surface area contributed by atoms with Crippen molar-refractivity contribution < 1.29 is 13.2 Å². The molecule has 0 spiro atoms. The lowest BCUT2D eigenvalue weighted by molar-refractivity contribution is -0.128. The van der Waals surface area contributed by atoms with Gasteiger partial charge in [0.2, 0.25) is 5.91 Å². The zero-order valence-electron chi connectivity index (χ0n) is 14.7. The van der Waals surface area contributed by atoms with Crippen molar-refractivity contribution in [3.05, 3.63) is 35.4 Å². The van der Waals surface area contributed by atoms with E-state index in [1.165, 1.54) is 11.8 Å². The number of aromatic nitrogens is 1. The van der Waals surface area contributed by atoms with Gasteiger partial charge in [-0.05, 0) is 37.5 Å². The van der Waals surface area contributed by atoms with Gasteiger partial charge in [-0.15, -0.1) is 0 Å². The lowest BCUT2D eigenvalue weighted by atomic mass is 10.1. The molecule has 2 heterocycles. The van der Waals surface area contributed by atoms with Crippen LogP contribution >= 0.6 is 11.8 Å². The van der Waals surface area contributed by atoms with Gasteiger partial charge in [-0.3, -0.25) is 4.79 Å². The van der Waals surface area contributed by atoms with Gasteiger partial charge in [-0.25, -0.2) is 13.4 Å². The number of sulfone groups is 1. The van der Waals surface area contributed by atoms with Gasteiger partial charge >= 0.3 is 0 Å². The number of para-hydroxylation sites is 1. The molecule has 1 atom stereocenters. The van der Waals surface area contributed by atoms with Gasteiger partial charge in [0.05, 0.1) is 27.8 Å². The van der Waals surface area contributed by atoms with Gasteiger partial charge in [-0.1, -0.05) is 30.0 Å². The van der Waals surface area contributed by atoms with Crippen LogP contribution in [-0.2, 0) is 14.6 Å². The second-order valence-corrected chi connectivity index (χ2v) is 9.82. The highest BCUT2D eigenvalue weighted by atomic mass is 32.2. The summed E-state index contributed by atoms with van der Waals surface area (Å²) < 4.78 is 23.2. The quantitative estimate of drug-likeness (QED) is 0.765. The second kappa shape index (κ2) is 6.96. The molecule has 0 saturated carbocycles. The number of carbonyl (C=O) groups is 1. The van der Waals surface area contributed by atoms with Crippen molar-refractivity contribution in [3.63, 3.8) is 0 Å². The predicted octanol–water partition coefficient (Wildman–Crippen LogP) is 2.59. The van der Waals surface area contributed by atoms with Crippen LogP contribution in [0.2, 0.25) is 0 Å². The molecule has 1 unspecified atom stereocenters. The first kappa shape index (κ1) is 18.2. The Morgan fingerprint density at radius 1 is 1.32 bits per heavy atom. The summed E-state index contributed by atoms with van der Waals surface area (Å²) in [7, 11) is -1.30. The van der Waals surface area contributed by atoms with Crippen molar-refractivity contribution in [2.45, 2.75) is 31.3 Å². The molecule has 1 aliphatic heterocycles. The molecule has 1 fully saturated rings. The number of hydrogen-bond donors (Lipinski definition) is 0. The van der Waals surface area contributed by atoms with Crippen LogP contribution in [0, 0.1) is 13.8 Å². The molecule has 3 rings (SSSR count). The second-order valence-electron chi connectivity index (χ2n) is 6.60. The average molecular weight is 379 g/mol. The third kappa shape index (κ3) is 3.98. The average Bonchev–Trinajstić information content (AvgIpc) is 2.93. The first-order valence-electron chi connectivity index (χ1n) is 8.23. The smallest absolute Gasteiger partial charge is 0.233 e. The molecule has 0 bridgehead atoms. The maximum Gasteiger partial charge on any atom is 0.233 e. The molecule has 0 N–H and O–H groups in total. The van der Waals surface area contributed by atoms with Crippen LogP contribution in [0.25, 0.3) is 10.9 Å². The highest BCUT2D eigenvalue weighted by Crippen LogP contribution is 2.26. The number of benzene rings is 1. The molecule has 0 radical (unpaired) electrons. The van der Waals surface area contributed by atoms with Gasteiger partial charge in [-0.2, -0.15) is 0 Å². The molecule has 1 aliphatic rings. The van der Waals surface area contributed by atoms with Crippen LogP contribution in [0.1, 0.15) is 17.5 Å². The SMILES string of the molecule is Cc1cc(SCC(=O)N(C)C2CCS(=O)(=O)C2)nc2c(C)cccc12. The third-order valence-corrected chi connectivity index (χ3v) is 7.36. The predicted molar refractivity (Wildman–Crippen MR) is 102 cm³/mol. The van der Waals surface area contributed by atoms with Crippen LogP contribution in [0.4, 0.5) is 0 Å². The normalized spacial score (nSPS) is 19.2. The molecule has 2 aromatic rings. The third-order valence-electron chi connectivity index (χ3n) is 4.72. The van der Waals surface area contributed by atoms with Gasteiger partial charge in [0.15, 0.2) is 9.84 Å². The molecule has 5 nitrogen and oxygen atoms in total. The van der Waals surface area contributed by atoms with Gasteiger partial charge in [0.1, 0.15) is 0 Å². The van der Waals surface area contributed by atoms with E-state index in [0.717, 1.165) is 27.1 Å². The Bertz CT molecular complexity index is 925. The largest absolute Gasteiger partial charge is 0.341 e. The van der Waals surface area contributed by atoms with Gasteiger partial charge in [0.25, 0.3) is 0 Å². The van der Waals surface area contributed by atoms with Crippen LogP contribution in [0.5, 0.6) is 0 Å². The molecule has 1 aromatic heterocycles. The summed E-state index contributed by atoms with van der Waals surface area (Å²) >= 11 is 1.40. The number of thioether (sulfide) groups is 1. The van der Waals surface area contributed by atoms with Crippen molar-refractivity contribution in [2.24, 2.45) is 0 Å². The summed E-state index contributed by atoms with van der Waals surface area (Å²) in [5.41, 5.74) is 3.22. The molecule has 134 valence electrons. The minimum Gasteiger partial charge on any atom is -0.341 e. The van der Waals surface area contributed by atoms with E-state index < -0.39 is 9.84 Å². The lowest BCUT2D eigenvalue weighted by Crippen LogP contribution is -2.38. The standard InChI is InChI=1S/C18H22N2O3S2/c1-12-5-4-6-15-13(2)9-16(19-18(12)15)24-10-17(21)20(3)14-7-8-25(22,23)11-14/h4-6,9,14H,7-8,10-11H2,1-3H3. The van der Waals surface area contributed by atoms with Gasteiger partial charge < -0.3 is 4.90 Å². The van der Waals surface area contributed by atoms with Crippen LogP contribution in [0.3, 0.4) is 0 Å². The van der Waals surface area contributed by atoms with Crippen molar-refractivity contribution in [1.82, 2.24) is 9.88 Å². The summed E-state index contributed by atoms with van der Waals surface area (Å²) in [5, 5.41) is 1.95. The van der Waals surface area contributed by atoms with E-state index in [0.29, 0.717) is 6.42 Å². The number of carbonyl (C=O) groups excluding carboxylic acids is 1. The summed E-state index contributed by atoms with van der Waals surface area (Å²) in [6, 6.07) is 7.90. The molecule has 1 saturated heterocycles. The fourth-order valence-corrected chi connectivity index (χ4v) is 5.79. The number of nitrogens with zero attached hydrogens (tertiary/aromatic N) is 2. The van der Waals surface area contributed by atoms with Crippen LogP contribution in [0.15, 0.2) is 29.3 Å². The lowest BCUT2D eigenvalue weighted by Gasteiger charge is -2.23. The summed E-state index contributed by atoms with van der Waals surface area (Å²) in [4.78, 5) is 18.7. The Hall–Kier alpha value is -1.60. The first-order chi connectivity index (χ1) is 11.8. The Morgan fingerprint density at radius 3 is 2.76 bits per heavy atom. The minimum absolute atomic E-state index is 0.0589. The highest BCUT2D eigenvalue weighted by Gasteiger charge is 2.32. The molecule has 1 aromatic carbocycles. The topological polar surface area (TPSA) is 67.3 Å². The summed E-state index contributed by atoms with van der Waals surface area (Å²) in [6.45, 7) is 4.08. The first-order valence-corrected chi connectivity index (χ1v) is 11.0. The van der Waals surface area contributed by atoms with E-state index in [9.17, 15) is 13.2 Å². The van der Waals surface area contributed by atoms with E-state index in [1.54, 1.807) is 11.9 Å². The van der Waals surface area contributed by atoms with E-state index in [4.69, 9.17) is 0 Å². The van der Waals surface area contributed by atoms with Crippen molar-refractivity contribution in [1.29, 1.82) is 0 Å². The number of rotatable bonds is 4. The number of hydrogen-bond acceptors (Lipinski definition) is 5.